The Labute approximate surface area is 164 Å². The van der Waals surface area contributed by atoms with E-state index in [0.717, 1.165) is 0 Å². The molecule has 146 valence electrons. The minimum Gasteiger partial charge on any atom is -0.507 e. The van der Waals surface area contributed by atoms with Gasteiger partial charge in [0.2, 0.25) is 0 Å². The molecule has 1 aliphatic rings. The first-order chi connectivity index (χ1) is 13.5. The van der Waals surface area contributed by atoms with Gasteiger partial charge in [-0.25, -0.2) is 0 Å². The van der Waals surface area contributed by atoms with Crippen LogP contribution >= 0.6 is 0 Å². The third-order valence-electron chi connectivity index (χ3n) is 4.78. The Hall–Kier alpha value is -3.28. The molecule has 0 spiro atoms. The number of amides is 1. The smallest absolute Gasteiger partial charge is 0.295 e. The van der Waals surface area contributed by atoms with Gasteiger partial charge in [0.05, 0.1) is 25.8 Å². The van der Waals surface area contributed by atoms with Crippen LogP contribution in [0.1, 0.15) is 30.5 Å². The van der Waals surface area contributed by atoms with Crippen molar-refractivity contribution in [3.63, 3.8) is 0 Å². The molecule has 1 fully saturated rings. The monoisotopic (exact) mass is 381 g/mol. The number of ether oxygens (including phenoxy) is 2. The highest BCUT2D eigenvalue weighted by Crippen LogP contribution is 2.42. The lowest BCUT2D eigenvalue weighted by atomic mass is 9.94. The zero-order chi connectivity index (χ0) is 20.3. The number of hydrogen-bond acceptors (Lipinski definition) is 5. The molecule has 1 amide bonds. The van der Waals surface area contributed by atoms with Gasteiger partial charge in [-0.15, -0.1) is 0 Å². The van der Waals surface area contributed by atoms with Crippen LogP contribution in [0.4, 0.5) is 0 Å². The third-order valence-corrected chi connectivity index (χ3v) is 4.78. The first kappa shape index (κ1) is 19.5. The molecule has 1 aliphatic heterocycles. The lowest BCUT2D eigenvalue weighted by Crippen LogP contribution is -2.30. The number of hydrogen-bond donors (Lipinski definition) is 1. The topological polar surface area (TPSA) is 76.1 Å². The molecule has 0 aromatic heterocycles. The summed E-state index contributed by atoms with van der Waals surface area (Å²) in [6.07, 6.45) is 0.678. The van der Waals surface area contributed by atoms with Gasteiger partial charge >= 0.3 is 0 Å². The highest BCUT2D eigenvalue weighted by atomic mass is 16.5. The van der Waals surface area contributed by atoms with Gasteiger partial charge in [0.1, 0.15) is 17.3 Å². The molecule has 0 radical (unpaired) electrons. The second kappa shape index (κ2) is 8.17. The first-order valence-corrected chi connectivity index (χ1v) is 9.09. The van der Waals surface area contributed by atoms with E-state index in [0.29, 0.717) is 35.6 Å². The van der Waals surface area contributed by atoms with Crippen molar-refractivity contribution in [3.05, 3.63) is 65.2 Å². The average molecular weight is 381 g/mol. The maximum absolute atomic E-state index is 12.9. The van der Waals surface area contributed by atoms with E-state index < -0.39 is 17.7 Å². The Bertz CT molecular complexity index is 934. The van der Waals surface area contributed by atoms with E-state index in [2.05, 4.69) is 0 Å². The number of ketones is 1. The largest absolute Gasteiger partial charge is 0.507 e. The van der Waals surface area contributed by atoms with E-state index >= 15 is 0 Å². The van der Waals surface area contributed by atoms with Crippen molar-refractivity contribution in [3.8, 4) is 11.5 Å². The summed E-state index contributed by atoms with van der Waals surface area (Å²) in [6, 6.07) is 13.2. The molecule has 0 bridgehead atoms. The van der Waals surface area contributed by atoms with E-state index in [-0.39, 0.29) is 11.3 Å². The van der Waals surface area contributed by atoms with Gasteiger partial charge in [-0.05, 0) is 24.6 Å². The van der Waals surface area contributed by atoms with Crippen molar-refractivity contribution in [1.29, 1.82) is 0 Å². The average Bonchev–Trinajstić information content (AvgIpc) is 2.98. The molecule has 2 aromatic rings. The lowest BCUT2D eigenvalue weighted by molar-refractivity contribution is -0.139. The van der Waals surface area contributed by atoms with Gasteiger partial charge in [0.15, 0.2) is 0 Å². The lowest BCUT2D eigenvalue weighted by Gasteiger charge is -2.26. The van der Waals surface area contributed by atoms with Crippen LogP contribution in [-0.4, -0.2) is 42.5 Å². The van der Waals surface area contributed by atoms with E-state index in [1.165, 1.54) is 19.1 Å². The molecule has 28 heavy (non-hydrogen) atoms. The Morgan fingerprint density at radius 3 is 2.50 bits per heavy atom. The second-order valence-corrected chi connectivity index (χ2v) is 6.47. The van der Waals surface area contributed by atoms with Crippen molar-refractivity contribution in [2.75, 3.05) is 20.8 Å². The quantitative estimate of drug-likeness (QED) is 0.471. The van der Waals surface area contributed by atoms with Crippen LogP contribution in [0.3, 0.4) is 0 Å². The molecule has 6 nitrogen and oxygen atoms in total. The van der Waals surface area contributed by atoms with Crippen LogP contribution in [0.15, 0.2) is 54.1 Å². The molecule has 2 aromatic carbocycles. The molecular formula is C22H23NO5. The van der Waals surface area contributed by atoms with Gasteiger partial charge in [-0.3, -0.25) is 9.59 Å². The van der Waals surface area contributed by atoms with Crippen LogP contribution in [0.25, 0.3) is 5.76 Å². The molecule has 1 atom stereocenters. The Kier molecular flexibility index (Phi) is 5.68. The van der Waals surface area contributed by atoms with Crippen molar-refractivity contribution in [2.24, 2.45) is 0 Å². The number of para-hydroxylation sites is 1. The third kappa shape index (κ3) is 3.33. The number of aliphatic hydroxyl groups excluding tert-OH is 1. The molecule has 1 N–H and O–H groups in total. The molecular weight excluding hydrogens is 358 g/mol. The van der Waals surface area contributed by atoms with Crippen LogP contribution in [0.2, 0.25) is 0 Å². The highest BCUT2D eigenvalue weighted by Gasteiger charge is 2.46. The number of methoxy groups -OCH3 is 2. The summed E-state index contributed by atoms with van der Waals surface area (Å²) in [5, 5.41) is 11.0. The summed E-state index contributed by atoms with van der Waals surface area (Å²) in [5.74, 6) is -0.466. The van der Waals surface area contributed by atoms with Crippen molar-refractivity contribution < 1.29 is 24.2 Å². The summed E-state index contributed by atoms with van der Waals surface area (Å²) in [4.78, 5) is 27.1. The summed E-state index contributed by atoms with van der Waals surface area (Å²) in [6.45, 7) is 2.32. The normalized spacial score (nSPS) is 18.4. The summed E-state index contributed by atoms with van der Waals surface area (Å²) >= 11 is 0. The molecule has 6 heteroatoms. The SMILES string of the molecule is CCCN1C(=O)C(=O)/C(=C(\O)c2cccc(OC)c2)C1c1ccccc1OC. The van der Waals surface area contributed by atoms with E-state index in [9.17, 15) is 14.7 Å². The number of nitrogens with zero attached hydrogens (tertiary/aromatic N) is 1. The van der Waals surface area contributed by atoms with Crippen LogP contribution < -0.4 is 9.47 Å². The van der Waals surface area contributed by atoms with Gasteiger partial charge in [-0.2, -0.15) is 0 Å². The zero-order valence-electron chi connectivity index (χ0n) is 16.1. The second-order valence-electron chi connectivity index (χ2n) is 6.47. The Morgan fingerprint density at radius 2 is 1.82 bits per heavy atom. The van der Waals surface area contributed by atoms with Gasteiger partial charge in [0.25, 0.3) is 11.7 Å². The summed E-state index contributed by atoms with van der Waals surface area (Å²) in [5.41, 5.74) is 1.12. The number of Topliss-reactive ketones (excluding diaryl/α,β-unsaturated/α-hetero) is 1. The predicted octanol–water partition coefficient (Wildman–Crippen LogP) is 3.54. The Balaban J connectivity index is 2.23. The Morgan fingerprint density at radius 1 is 1.07 bits per heavy atom. The van der Waals surface area contributed by atoms with E-state index in [1.54, 1.807) is 36.4 Å². The molecule has 1 saturated heterocycles. The maximum atomic E-state index is 12.9. The molecule has 1 unspecified atom stereocenters. The fourth-order valence-corrected chi connectivity index (χ4v) is 3.49. The molecule has 0 aliphatic carbocycles. The van der Waals surface area contributed by atoms with Crippen LogP contribution in [0, 0.1) is 0 Å². The number of rotatable bonds is 6. The van der Waals surface area contributed by atoms with Gasteiger partial charge in [-0.1, -0.05) is 37.3 Å². The number of carbonyl (C=O) groups is 2. The van der Waals surface area contributed by atoms with Gasteiger partial charge in [0, 0.05) is 17.7 Å². The molecule has 3 rings (SSSR count). The summed E-state index contributed by atoms with van der Waals surface area (Å²) in [7, 11) is 3.06. The number of benzene rings is 2. The van der Waals surface area contributed by atoms with Gasteiger partial charge < -0.3 is 19.5 Å². The number of aliphatic hydroxyl groups is 1. The van der Waals surface area contributed by atoms with Crippen molar-refractivity contribution in [2.45, 2.75) is 19.4 Å². The minimum absolute atomic E-state index is 0.0520. The number of likely N-dealkylation sites (tertiary alicyclic amines) is 1. The number of carbonyl (C=O) groups excluding carboxylic acids is 2. The van der Waals surface area contributed by atoms with Crippen LogP contribution in [-0.2, 0) is 9.59 Å². The molecule has 1 heterocycles. The maximum Gasteiger partial charge on any atom is 0.295 e. The van der Waals surface area contributed by atoms with Crippen LogP contribution in [0.5, 0.6) is 11.5 Å². The summed E-state index contributed by atoms with van der Waals surface area (Å²) < 4.78 is 10.7. The van der Waals surface area contributed by atoms with E-state index in [1.807, 2.05) is 19.1 Å². The fraction of sp³-hybridized carbons (Fsp3) is 0.273. The fourth-order valence-electron chi connectivity index (χ4n) is 3.49. The zero-order valence-corrected chi connectivity index (χ0v) is 16.1. The minimum atomic E-state index is -0.720. The standard InChI is InChI=1S/C22H23NO5/c1-4-12-23-19(16-10-5-6-11-17(16)28-3)18(21(25)22(23)26)20(24)14-8-7-9-15(13-14)27-2/h5-11,13,19,24H,4,12H2,1-3H3/b20-18-. The van der Waals surface area contributed by atoms with Crippen molar-refractivity contribution in [1.82, 2.24) is 4.90 Å². The van der Waals surface area contributed by atoms with E-state index in [4.69, 9.17) is 9.47 Å². The molecule has 0 saturated carbocycles. The predicted molar refractivity (Wildman–Crippen MR) is 105 cm³/mol. The first-order valence-electron chi connectivity index (χ1n) is 9.09. The highest BCUT2D eigenvalue weighted by molar-refractivity contribution is 6.46. The van der Waals surface area contributed by atoms with Crippen molar-refractivity contribution >= 4 is 17.4 Å².